The van der Waals surface area contributed by atoms with Crippen LogP contribution < -0.4 is 0 Å². The van der Waals surface area contributed by atoms with Crippen LogP contribution in [0.1, 0.15) is 6.92 Å². The number of nitrogens with zero attached hydrogens (tertiary/aromatic N) is 3. The molecular weight excluding hydrogens is 344 g/mol. The van der Waals surface area contributed by atoms with E-state index in [4.69, 9.17) is 4.79 Å². The summed E-state index contributed by atoms with van der Waals surface area (Å²) in [7, 11) is 1.94. The summed E-state index contributed by atoms with van der Waals surface area (Å²) in [6.45, 7) is 1.32. The fourth-order valence-electron chi connectivity index (χ4n) is 0.941. The molecule has 2 rings (SSSR count). The van der Waals surface area contributed by atoms with Gasteiger partial charge in [0.1, 0.15) is 0 Å². The van der Waals surface area contributed by atoms with Crippen molar-refractivity contribution >= 4 is 17.5 Å². The van der Waals surface area contributed by atoms with Gasteiger partial charge in [-0.1, -0.05) is 0 Å². The van der Waals surface area contributed by atoms with Crippen LogP contribution in [0.4, 0.5) is 0 Å². The van der Waals surface area contributed by atoms with Crippen molar-refractivity contribution in [2.75, 3.05) is 0 Å². The first-order valence-electron chi connectivity index (χ1n) is 3.72. The molecule has 0 aromatic carbocycles. The Bertz CT molecular complexity index is 403. The summed E-state index contributed by atoms with van der Waals surface area (Å²) in [6, 6.07) is 1.92. The molecule has 0 aliphatic carbocycles. The van der Waals surface area contributed by atoms with E-state index in [2.05, 4.69) is 16.2 Å². The fraction of sp³-hybridized carbons (Fsp3) is 0.222. The molecule has 2 aromatic heterocycles. The molecule has 74 valence electrons. The number of hydrogen-bond donors (Lipinski definition) is 0. The van der Waals surface area contributed by atoms with Gasteiger partial charge in [-0.25, -0.2) is 0 Å². The van der Waals surface area contributed by atoms with Crippen LogP contribution in [0.2, 0.25) is 0 Å². The summed E-state index contributed by atoms with van der Waals surface area (Å²) in [5.41, 5.74) is 1.80. The summed E-state index contributed by atoms with van der Waals surface area (Å²) in [4.78, 5) is 16.8. The molecule has 0 unspecified atom stereocenters. The van der Waals surface area contributed by atoms with Gasteiger partial charge in [0.2, 0.25) is 0 Å². The molecule has 2 aromatic rings. The number of hydrogen-bond acceptors (Lipinski definition) is 3. The molecule has 15 heavy (non-hydrogen) atoms. The van der Waals surface area contributed by atoms with Crippen LogP contribution in [-0.4, -0.2) is 20.8 Å². The zero-order chi connectivity index (χ0) is 9.68. The van der Waals surface area contributed by atoms with Gasteiger partial charge in [-0.3, -0.25) is 11.3 Å². The van der Waals surface area contributed by atoms with Gasteiger partial charge < -0.3 is 14.3 Å². The normalized spacial score (nSPS) is 7.87. The Labute approximate surface area is 139 Å². The smallest absolute Gasteiger partial charge is 0.0714 e. The Morgan fingerprint density at radius 2 is 2.07 bits per heavy atom. The maximum Gasteiger partial charge on any atom is 0.0714 e. The van der Waals surface area contributed by atoms with E-state index in [1.54, 1.807) is 6.20 Å². The van der Waals surface area contributed by atoms with Gasteiger partial charge in [-0.15, -0.1) is 12.3 Å². The van der Waals surface area contributed by atoms with E-state index in [1.165, 1.54) is 13.2 Å². The van der Waals surface area contributed by atoms with Crippen molar-refractivity contribution < 1.29 is 70.2 Å². The summed E-state index contributed by atoms with van der Waals surface area (Å²) < 4.78 is 1.93. The van der Waals surface area contributed by atoms with E-state index in [1.807, 2.05) is 23.9 Å². The standard InChI is InChI=1S/C7H6N3.C2H3O.2Y/c1-10-5-2-6-7(10)9-4-3-8-6;1-2-3;;/h2,4-5H,1H3;1H3;;/q2*-1;;. The summed E-state index contributed by atoms with van der Waals surface area (Å²) >= 11 is 0. The fourth-order valence-corrected chi connectivity index (χ4v) is 0.941. The van der Waals surface area contributed by atoms with E-state index in [-0.39, 0.29) is 65.4 Å². The molecular formula is C9H9N3OY2-2. The van der Waals surface area contributed by atoms with E-state index < -0.39 is 0 Å². The average Bonchev–Trinajstić information content (AvgIpc) is 2.50. The molecule has 0 spiro atoms. The van der Waals surface area contributed by atoms with E-state index in [9.17, 15) is 0 Å². The van der Waals surface area contributed by atoms with Gasteiger partial charge in [0.25, 0.3) is 0 Å². The van der Waals surface area contributed by atoms with Crippen molar-refractivity contribution in [1.82, 2.24) is 14.5 Å². The number of aryl methyl sites for hydroxylation is 1. The summed E-state index contributed by atoms with van der Waals surface area (Å²) in [5.74, 6) is 0. The number of fused-ring (bicyclic) bond motifs is 1. The van der Waals surface area contributed by atoms with Crippen molar-refractivity contribution in [3.05, 3.63) is 24.7 Å². The SMILES string of the molecule is C[C-]=O.Cn1ccc2n[c-]cnc21.[Y].[Y]. The average molecular weight is 353 g/mol. The van der Waals surface area contributed by atoms with Crippen LogP contribution in [0.3, 0.4) is 0 Å². The zero-order valence-corrected chi connectivity index (χ0v) is 14.3. The predicted octanol–water partition coefficient (Wildman–Crippen LogP) is 0.879. The number of carbonyl (C=O) groups excluding carboxylic acids is 1. The molecule has 0 bridgehead atoms. The largest absolute Gasteiger partial charge is 0.542 e. The molecule has 0 fully saturated rings. The first-order chi connectivity index (χ1) is 6.29. The molecule has 0 saturated heterocycles. The van der Waals surface area contributed by atoms with Crippen LogP contribution in [0.15, 0.2) is 18.5 Å². The minimum atomic E-state index is 0. The van der Waals surface area contributed by atoms with E-state index >= 15 is 0 Å². The molecule has 0 saturated carbocycles. The molecule has 0 N–H and O–H groups in total. The molecule has 2 radical (unpaired) electrons. The Balaban J connectivity index is 0. The molecule has 4 nitrogen and oxygen atoms in total. The van der Waals surface area contributed by atoms with Gasteiger partial charge in [0.05, 0.1) is 5.65 Å². The Kier molecular flexibility index (Phi) is 11.6. The van der Waals surface area contributed by atoms with Crippen molar-refractivity contribution in [3.63, 3.8) is 0 Å². The zero-order valence-electron chi connectivity index (χ0n) is 8.64. The third-order valence-corrected chi connectivity index (χ3v) is 1.45. The maximum absolute atomic E-state index is 8.68. The second-order valence-corrected chi connectivity index (χ2v) is 2.34. The second kappa shape index (κ2) is 9.70. The quantitative estimate of drug-likeness (QED) is 0.661. The van der Waals surface area contributed by atoms with Gasteiger partial charge in [-0.2, -0.15) is 6.92 Å². The molecule has 0 amide bonds. The van der Waals surface area contributed by atoms with Crippen LogP contribution in [-0.2, 0) is 77.3 Å². The Morgan fingerprint density at radius 3 is 2.60 bits per heavy atom. The number of rotatable bonds is 0. The summed E-state index contributed by atoms with van der Waals surface area (Å²) in [5, 5.41) is 0. The van der Waals surface area contributed by atoms with Gasteiger partial charge in [0.15, 0.2) is 0 Å². The van der Waals surface area contributed by atoms with Gasteiger partial charge in [0, 0.05) is 72.5 Å². The van der Waals surface area contributed by atoms with Crippen molar-refractivity contribution in [2.24, 2.45) is 7.05 Å². The molecule has 0 aliphatic rings. The molecule has 0 atom stereocenters. The van der Waals surface area contributed by atoms with Crippen LogP contribution in [0.5, 0.6) is 0 Å². The molecule has 2 heterocycles. The first kappa shape index (κ1) is 17.9. The van der Waals surface area contributed by atoms with Crippen molar-refractivity contribution in [1.29, 1.82) is 0 Å². The Hall–Kier alpha value is 0.498. The third kappa shape index (κ3) is 5.39. The van der Waals surface area contributed by atoms with Crippen molar-refractivity contribution in [3.8, 4) is 0 Å². The minimum absolute atomic E-state index is 0. The molecule has 6 heteroatoms. The van der Waals surface area contributed by atoms with Crippen LogP contribution >= 0.6 is 0 Å². The number of aromatic nitrogens is 3. The van der Waals surface area contributed by atoms with Crippen molar-refractivity contribution in [2.45, 2.75) is 6.92 Å². The minimum Gasteiger partial charge on any atom is -0.542 e. The van der Waals surface area contributed by atoms with E-state index in [0.717, 1.165) is 11.2 Å². The van der Waals surface area contributed by atoms with E-state index in [0.29, 0.717) is 0 Å². The van der Waals surface area contributed by atoms with Gasteiger partial charge in [-0.05, 0) is 17.9 Å². The molecule has 0 aliphatic heterocycles. The van der Waals surface area contributed by atoms with Gasteiger partial charge >= 0.3 is 0 Å². The topological polar surface area (TPSA) is 47.8 Å². The summed E-state index contributed by atoms with van der Waals surface area (Å²) in [6.07, 6.45) is 7.68. The third-order valence-electron chi connectivity index (χ3n) is 1.45. The Morgan fingerprint density at radius 1 is 1.47 bits per heavy atom. The van der Waals surface area contributed by atoms with Crippen LogP contribution in [0.25, 0.3) is 11.2 Å². The van der Waals surface area contributed by atoms with Crippen LogP contribution in [0, 0.1) is 6.20 Å². The monoisotopic (exact) mass is 353 g/mol. The predicted molar refractivity (Wildman–Crippen MR) is 48.7 cm³/mol. The second-order valence-electron chi connectivity index (χ2n) is 2.34. The maximum atomic E-state index is 8.68. The first-order valence-corrected chi connectivity index (χ1v) is 3.72.